The number of nitrogens with zero attached hydrogens (tertiary/aromatic N) is 3. The molecule has 0 atom stereocenters. The smallest absolute Gasteiger partial charge is 0.161 e. The van der Waals surface area contributed by atoms with Crippen molar-refractivity contribution in [3.8, 4) is 11.4 Å². The van der Waals surface area contributed by atoms with Gasteiger partial charge in [0.1, 0.15) is 5.82 Å². The first kappa shape index (κ1) is 15.2. The topological polar surface area (TPSA) is 50.7 Å². The lowest BCUT2D eigenvalue weighted by atomic mass is 10.1. The molecule has 106 valence electrons. The van der Waals surface area contributed by atoms with Crippen LogP contribution in [-0.2, 0) is 0 Å². The summed E-state index contributed by atoms with van der Waals surface area (Å²) in [7, 11) is 1.89. The van der Waals surface area contributed by atoms with Crippen LogP contribution in [0.2, 0.25) is 0 Å². The van der Waals surface area contributed by atoms with E-state index in [1.54, 1.807) is 0 Å². The molecule has 0 radical (unpaired) electrons. The number of hydrogen-bond acceptors (Lipinski definition) is 4. The van der Waals surface area contributed by atoms with E-state index >= 15 is 0 Å². The molecule has 2 rings (SSSR count). The molecule has 0 fully saturated rings. The van der Waals surface area contributed by atoms with Crippen molar-refractivity contribution in [1.82, 2.24) is 15.0 Å². The van der Waals surface area contributed by atoms with Gasteiger partial charge >= 0.3 is 0 Å². The maximum absolute atomic E-state index is 4.75. The number of rotatable bonds is 3. The predicted molar refractivity (Wildman–Crippen MR) is 91.1 cm³/mol. The average molecular weight is 382 g/mol. The van der Waals surface area contributed by atoms with E-state index in [1.165, 1.54) is 0 Å². The zero-order valence-corrected chi connectivity index (χ0v) is 14.6. The Morgan fingerprint density at radius 3 is 2.15 bits per heavy atom. The molecular weight excluding hydrogens is 363 g/mol. The monoisotopic (exact) mass is 382 g/mol. The molecule has 0 bridgehead atoms. The van der Waals surface area contributed by atoms with Gasteiger partial charge in [0.15, 0.2) is 5.82 Å². The van der Waals surface area contributed by atoms with Gasteiger partial charge in [-0.05, 0) is 54.5 Å². The SMILES string of the molecule is CNc1nc(-c2cc(C)nc(C)c2)nc(C(C)C)c1I. The molecule has 0 saturated carbocycles. The van der Waals surface area contributed by atoms with E-state index in [-0.39, 0.29) is 0 Å². The van der Waals surface area contributed by atoms with Crippen molar-refractivity contribution in [1.29, 1.82) is 0 Å². The Morgan fingerprint density at radius 1 is 1.05 bits per heavy atom. The van der Waals surface area contributed by atoms with Crippen LogP contribution in [0.1, 0.15) is 36.8 Å². The Hall–Kier alpha value is -1.24. The van der Waals surface area contributed by atoms with E-state index in [0.29, 0.717) is 5.92 Å². The second kappa shape index (κ2) is 6.03. The van der Waals surface area contributed by atoms with Crippen LogP contribution in [0.4, 0.5) is 5.82 Å². The summed E-state index contributed by atoms with van der Waals surface area (Å²) in [5, 5.41) is 3.16. The van der Waals surface area contributed by atoms with Gasteiger partial charge in [-0.1, -0.05) is 13.8 Å². The third-order valence-corrected chi connectivity index (χ3v) is 4.06. The molecule has 20 heavy (non-hydrogen) atoms. The molecular formula is C15H19IN4. The van der Waals surface area contributed by atoms with Gasteiger partial charge < -0.3 is 5.32 Å². The largest absolute Gasteiger partial charge is 0.372 e. The molecule has 0 aliphatic carbocycles. The van der Waals surface area contributed by atoms with Crippen molar-refractivity contribution in [2.75, 3.05) is 12.4 Å². The van der Waals surface area contributed by atoms with Crippen LogP contribution in [0.3, 0.4) is 0 Å². The molecule has 0 aromatic carbocycles. The normalized spacial score (nSPS) is 10.9. The molecule has 2 aromatic heterocycles. The van der Waals surface area contributed by atoms with Gasteiger partial charge in [-0.2, -0.15) is 0 Å². The molecule has 0 spiro atoms. The molecule has 0 saturated heterocycles. The first-order valence-corrected chi connectivity index (χ1v) is 7.71. The summed E-state index contributed by atoms with van der Waals surface area (Å²) in [4.78, 5) is 13.8. The number of anilines is 1. The van der Waals surface area contributed by atoms with Gasteiger partial charge in [0.2, 0.25) is 0 Å². The fourth-order valence-corrected chi connectivity index (χ4v) is 3.24. The summed E-state index contributed by atoms with van der Waals surface area (Å²) in [6.45, 7) is 8.28. The third-order valence-electron chi connectivity index (χ3n) is 3.00. The minimum atomic E-state index is 0.361. The number of nitrogens with one attached hydrogen (secondary N) is 1. The predicted octanol–water partition coefficient (Wildman–Crippen LogP) is 3.93. The summed E-state index contributed by atoms with van der Waals surface area (Å²) in [5.74, 6) is 2.00. The lowest BCUT2D eigenvalue weighted by Crippen LogP contribution is -2.07. The van der Waals surface area contributed by atoms with E-state index in [2.05, 4.69) is 51.7 Å². The highest BCUT2D eigenvalue weighted by atomic mass is 127. The van der Waals surface area contributed by atoms with Crippen molar-refractivity contribution in [2.24, 2.45) is 0 Å². The van der Waals surface area contributed by atoms with E-state index < -0.39 is 0 Å². The molecule has 0 unspecified atom stereocenters. The number of hydrogen-bond donors (Lipinski definition) is 1. The molecule has 0 aliphatic rings. The zero-order valence-electron chi connectivity index (χ0n) is 12.5. The van der Waals surface area contributed by atoms with Crippen LogP contribution in [0.25, 0.3) is 11.4 Å². The van der Waals surface area contributed by atoms with Crippen molar-refractivity contribution in [3.05, 3.63) is 32.8 Å². The Kier molecular flexibility index (Phi) is 4.57. The van der Waals surface area contributed by atoms with E-state index in [1.807, 2.05) is 33.0 Å². The van der Waals surface area contributed by atoms with Gasteiger partial charge in [-0.15, -0.1) is 0 Å². The Morgan fingerprint density at radius 2 is 1.65 bits per heavy atom. The highest BCUT2D eigenvalue weighted by Crippen LogP contribution is 2.28. The van der Waals surface area contributed by atoms with Crippen LogP contribution in [0.5, 0.6) is 0 Å². The van der Waals surface area contributed by atoms with Crippen molar-refractivity contribution < 1.29 is 0 Å². The van der Waals surface area contributed by atoms with E-state index in [0.717, 1.165) is 37.9 Å². The van der Waals surface area contributed by atoms with Crippen LogP contribution in [-0.4, -0.2) is 22.0 Å². The van der Waals surface area contributed by atoms with Crippen LogP contribution in [0.15, 0.2) is 12.1 Å². The van der Waals surface area contributed by atoms with Crippen LogP contribution < -0.4 is 5.32 Å². The average Bonchev–Trinajstić information content (AvgIpc) is 2.37. The molecule has 2 aromatic rings. The minimum absolute atomic E-state index is 0.361. The molecule has 2 heterocycles. The Labute approximate surface area is 133 Å². The highest BCUT2D eigenvalue weighted by Gasteiger charge is 2.15. The summed E-state index contributed by atoms with van der Waals surface area (Å²) in [5.41, 5.74) is 4.07. The number of halogens is 1. The van der Waals surface area contributed by atoms with Crippen molar-refractivity contribution >= 4 is 28.4 Å². The summed E-state index contributed by atoms with van der Waals surface area (Å²) in [6, 6.07) is 4.05. The summed E-state index contributed by atoms with van der Waals surface area (Å²) < 4.78 is 1.09. The molecule has 0 amide bonds. The molecule has 1 N–H and O–H groups in total. The fourth-order valence-electron chi connectivity index (χ4n) is 2.11. The lowest BCUT2D eigenvalue weighted by Gasteiger charge is -2.14. The second-order valence-electron chi connectivity index (χ2n) is 5.14. The standard InChI is InChI=1S/C15H19IN4/c1-8(2)13-12(16)15(17-5)20-14(19-13)11-6-9(3)18-10(4)7-11/h6-8H,1-5H3,(H,17,19,20). The number of aromatic nitrogens is 3. The highest BCUT2D eigenvalue weighted by molar-refractivity contribution is 14.1. The first-order valence-electron chi connectivity index (χ1n) is 6.63. The second-order valence-corrected chi connectivity index (χ2v) is 6.22. The Balaban J connectivity index is 2.64. The van der Waals surface area contributed by atoms with E-state index in [9.17, 15) is 0 Å². The zero-order chi connectivity index (χ0) is 14.9. The number of aryl methyl sites for hydroxylation is 2. The van der Waals surface area contributed by atoms with Gasteiger partial charge in [0.25, 0.3) is 0 Å². The summed E-state index contributed by atoms with van der Waals surface area (Å²) >= 11 is 2.31. The quantitative estimate of drug-likeness (QED) is 0.818. The summed E-state index contributed by atoms with van der Waals surface area (Å²) in [6.07, 6.45) is 0. The van der Waals surface area contributed by atoms with Crippen molar-refractivity contribution in [2.45, 2.75) is 33.6 Å². The maximum Gasteiger partial charge on any atom is 0.161 e. The van der Waals surface area contributed by atoms with Gasteiger partial charge in [0, 0.05) is 24.0 Å². The van der Waals surface area contributed by atoms with Gasteiger partial charge in [-0.25, -0.2) is 9.97 Å². The van der Waals surface area contributed by atoms with Gasteiger partial charge in [-0.3, -0.25) is 4.98 Å². The molecule has 5 heteroatoms. The molecule has 4 nitrogen and oxygen atoms in total. The number of pyridine rings is 1. The van der Waals surface area contributed by atoms with Crippen molar-refractivity contribution in [3.63, 3.8) is 0 Å². The lowest BCUT2D eigenvalue weighted by molar-refractivity contribution is 0.809. The molecule has 0 aliphatic heterocycles. The first-order chi connectivity index (χ1) is 9.42. The fraction of sp³-hybridized carbons (Fsp3) is 0.400. The maximum atomic E-state index is 4.75. The Bertz CT molecular complexity index is 618. The van der Waals surface area contributed by atoms with Gasteiger partial charge in [0.05, 0.1) is 9.26 Å². The third kappa shape index (κ3) is 3.08. The van der Waals surface area contributed by atoms with Crippen LogP contribution >= 0.6 is 22.6 Å². The van der Waals surface area contributed by atoms with E-state index in [4.69, 9.17) is 4.98 Å². The minimum Gasteiger partial charge on any atom is -0.372 e. The van der Waals surface area contributed by atoms with Crippen LogP contribution in [0, 0.1) is 17.4 Å².